The Morgan fingerprint density at radius 2 is 1.62 bits per heavy atom. The summed E-state index contributed by atoms with van der Waals surface area (Å²) in [6, 6.07) is 15.9. The van der Waals surface area contributed by atoms with Gasteiger partial charge in [0.25, 0.3) is 5.89 Å². The lowest BCUT2D eigenvalue weighted by Crippen LogP contribution is -2.34. The third-order valence-corrected chi connectivity index (χ3v) is 3.29. The zero-order valence-corrected chi connectivity index (χ0v) is 12.3. The Balaban J connectivity index is 2.08. The quantitative estimate of drug-likeness (QED) is 0.692. The van der Waals surface area contributed by atoms with Crippen molar-refractivity contribution in [1.29, 1.82) is 0 Å². The molecule has 0 N–H and O–H groups in total. The number of aryl methyl sites for hydroxylation is 2. The molecule has 3 aromatic rings. The molecule has 0 bridgehead atoms. The Labute approximate surface area is 123 Å². The standard InChI is InChI=1S/C17H17N2O2/c1-12-4-8-15(9-5-12)19-17(21-13(2)18-19)14-6-10-16(20-3)11-7-14/h4-11H,1-3H3/q+1. The van der Waals surface area contributed by atoms with E-state index in [1.165, 1.54) is 5.56 Å². The number of benzene rings is 2. The summed E-state index contributed by atoms with van der Waals surface area (Å²) in [6.45, 7) is 3.91. The molecule has 0 atom stereocenters. The average molecular weight is 281 g/mol. The summed E-state index contributed by atoms with van der Waals surface area (Å²) in [4.78, 5) is 0. The summed E-state index contributed by atoms with van der Waals surface area (Å²) in [6.07, 6.45) is 0. The molecule has 4 nitrogen and oxygen atoms in total. The van der Waals surface area contributed by atoms with Crippen molar-refractivity contribution in [3.05, 3.63) is 60.0 Å². The average Bonchev–Trinajstić information content (AvgIpc) is 2.90. The molecule has 0 aliphatic rings. The van der Waals surface area contributed by atoms with Gasteiger partial charge in [-0.15, -0.1) is 0 Å². The summed E-state index contributed by atoms with van der Waals surface area (Å²) in [5, 5.41) is 4.45. The number of ether oxygens (including phenoxy) is 1. The minimum Gasteiger partial charge on any atom is -0.497 e. The highest BCUT2D eigenvalue weighted by Crippen LogP contribution is 2.21. The van der Waals surface area contributed by atoms with E-state index in [2.05, 4.69) is 24.2 Å². The summed E-state index contributed by atoms with van der Waals surface area (Å²) in [5.41, 5.74) is 3.14. The van der Waals surface area contributed by atoms with Crippen molar-refractivity contribution in [2.24, 2.45) is 0 Å². The molecule has 1 aromatic heterocycles. The molecule has 3 rings (SSSR count). The summed E-state index contributed by atoms with van der Waals surface area (Å²) >= 11 is 0. The van der Waals surface area contributed by atoms with E-state index in [1.807, 2.05) is 48.0 Å². The van der Waals surface area contributed by atoms with E-state index in [4.69, 9.17) is 9.15 Å². The highest BCUT2D eigenvalue weighted by molar-refractivity contribution is 5.52. The van der Waals surface area contributed by atoms with E-state index in [0.717, 1.165) is 17.0 Å². The van der Waals surface area contributed by atoms with Crippen LogP contribution >= 0.6 is 0 Å². The Kier molecular flexibility index (Phi) is 3.44. The summed E-state index contributed by atoms with van der Waals surface area (Å²) in [7, 11) is 1.65. The molecule has 0 saturated carbocycles. The highest BCUT2D eigenvalue weighted by atomic mass is 16.5. The Hall–Kier alpha value is -2.62. The molecule has 0 amide bonds. The van der Waals surface area contributed by atoms with Gasteiger partial charge in [-0.2, -0.15) is 0 Å². The monoisotopic (exact) mass is 281 g/mol. The van der Waals surface area contributed by atoms with E-state index in [1.54, 1.807) is 7.11 Å². The van der Waals surface area contributed by atoms with Gasteiger partial charge in [-0.3, -0.25) is 0 Å². The number of aromatic nitrogens is 2. The van der Waals surface area contributed by atoms with Crippen molar-refractivity contribution in [3.8, 4) is 22.9 Å². The second-order valence-electron chi connectivity index (χ2n) is 4.90. The Morgan fingerprint density at radius 3 is 2.24 bits per heavy atom. The lowest BCUT2D eigenvalue weighted by Gasteiger charge is -1.99. The largest absolute Gasteiger partial charge is 0.497 e. The second kappa shape index (κ2) is 5.40. The molecule has 0 aliphatic carbocycles. The number of rotatable bonds is 3. The minimum atomic E-state index is 0.626. The number of nitrogens with zero attached hydrogens (tertiary/aromatic N) is 2. The van der Waals surface area contributed by atoms with Gasteiger partial charge in [0.15, 0.2) is 0 Å². The van der Waals surface area contributed by atoms with Crippen molar-refractivity contribution in [2.45, 2.75) is 13.8 Å². The molecule has 0 unspecified atom stereocenters. The molecule has 21 heavy (non-hydrogen) atoms. The van der Waals surface area contributed by atoms with Crippen LogP contribution in [0.25, 0.3) is 17.1 Å². The van der Waals surface area contributed by atoms with E-state index >= 15 is 0 Å². The number of hydrogen-bond donors (Lipinski definition) is 0. The van der Waals surface area contributed by atoms with Gasteiger partial charge in [-0.1, -0.05) is 17.7 Å². The third-order valence-electron chi connectivity index (χ3n) is 3.29. The predicted molar refractivity (Wildman–Crippen MR) is 79.5 cm³/mol. The first-order valence-electron chi connectivity index (χ1n) is 6.78. The van der Waals surface area contributed by atoms with Gasteiger partial charge in [-0.25, -0.2) is 0 Å². The van der Waals surface area contributed by atoms with Crippen LogP contribution in [0.2, 0.25) is 0 Å². The fraction of sp³-hybridized carbons (Fsp3) is 0.176. The zero-order chi connectivity index (χ0) is 14.8. The van der Waals surface area contributed by atoms with Crippen LogP contribution in [0, 0.1) is 13.8 Å². The van der Waals surface area contributed by atoms with Crippen LogP contribution in [0.4, 0.5) is 0 Å². The third kappa shape index (κ3) is 2.65. The van der Waals surface area contributed by atoms with Crippen LogP contribution in [-0.2, 0) is 0 Å². The van der Waals surface area contributed by atoms with Crippen molar-refractivity contribution >= 4 is 0 Å². The maximum absolute atomic E-state index is 5.77. The van der Waals surface area contributed by atoms with Crippen LogP contribution in [0.5, 0.6) is 5.75 Å². The fourth-order valence-electron chi connectivity index (χ4n) is 2.17. The fourth-order valence-corrected chi connectivity index (χ4v) is 2.17. The molecular weight excluding hydrogens is 264 g/mol. The van der Waals surface area contributed by atoms with Gasteiger partial charge >= 0.3 is 5.89 Å². The van der Waals surface area contributed by atoms with Crippen LogP contribution in [-0.4, -0.2) is 12.2 Å². The summed E-state index contributed by atoms with van der Waals surface area (Å²) < 4.78 is 12.8. The van der Waals surface area contributed by atoms with Gasteiger partial charge in [0, 0.05) is 24.2 Å². The Morgan fingerprint density at radius 1 is 0.952 bits per heavy atom. The van der Waals surface area contributed by atoms with Crippen LogP contribution in [0.15, 0.2) is 52.9 Å². The van der Waals surface area contributed by atoms with Crippen molar-refractivity contribution < 1.29 is 13.8 Å². The van der Waals surface area contributed by atoms with E-state index in [-0.39, 0.29) is 0 Å². The first-order valence-corrected chi connectivity index (χ1v) is 6.78. The molecular formula is C17H17N2O2+. The predicted octanol–water partition coefficient (Wildman–Crippen LogP) is 3.24. The Bertz CT molecular complexity index is 743. The lowest BCUT2D eigenvalue weighted by atomic mass is 10.2. The van der Waals surface area contributed by atoms with Gasteiger partial charge in [0.2, 0.25) is 5.69 Å². The van der Waals surface area contributed by atoms with Crippen LogP contribution in [0.3, 0.4) is 0 Å². The number of hydrogen-bond acceptors (Lipinski definition) is 3. The minimum absolute atomic E-state index is 0.626. The molecule has 4 heteroatoms. The topological polar surface area (TPSA) is 39.1 Å². The normalized spacial score (nSPS) is 10.6. The smallest absolute Gasteiger partial charge is 0.413 e. The molecule has 2 aromatic carbocycles. The SMILES string of the molecule is COc1ccc(-c2oc(C)n[n+]2-c2ccc(C)cc2)cc1. The molecule has 106 valence electrons. The maximum Gasteiger partial charge on any atom is 0.413 e. The molecule has 0 aliphatic heterocycles. The van der Waals surface area contributed by atoms with Crippen LogP contribution in [0.1, 0.15) is 11.5 Å². The first kappa shape index (κ1) is 13.4. The van der Waals surface area contributed by atoms with Crippen LogP contribution < -0.4 is 9.42 Å². The van der Waals surface area contributed by atoms with Gasteiger partial charge in [-0.05, 0) is 35.9 Å². The van der Waals surface area contributed by atoms with E-state index in [0.29, 0.717) is 11.8 Å². The molecule has 0 saturated heterocycles. The van der Waals surface area contributed by atoms with Gasteiger partial charge in [0.05, 0.1) is 12.7 Å². The van der Waals surface area contributed by atoms with Crippen molar-refractivity contribution in [1.82, 2.24) is 5.10 Å². The van der Waals surface area contributed by atoms with E-state index < -0.39 is 0 Å². The number of methoxy groups -OCH3 is 1. The van der Waals surface area contributed by atoms with E-state index in [9.17, 15) is 0 Å². The second-order valence-corrected chi connectivity index (χ2v) is 4.90. The van der Waals surface area contributed by atoms with Crippen molar-refractivity contribution in [3.63, 3.8) is 0 Å². The molecule has 1 heterocycles. The molecule has 0 spiro atoms. The summed E-state index contributed by atoms with van der Waals surface area (Å²) in [5.74, 6) is 2.15. The molecule has 0 radical (unpaired) electrons. The lowest BCUT2D eigenvalue weighted by molar-refractivity contribution is -0.648. The van der Waals surface area contributed by atoms with Crippen molar-refractivity contribution in [2.75, 3.05) is 7.11 Å². The zero-order valence-electron chi connectivity index (χ0n) is 12.3. The molecule has 0 fully saturated rings. The first-order chi connectivity index (χ1) is 10.2. The van der Waals surface area contributed by atoms with Gasteiger partial charge in [0.1, 0.15) is 5.75 Å². The van der Waals surface area contributed by atoms with Gasteiger partial charge < -0.3 is 9.15 Å². The highest BCUT2D eigenvalue weighted by Gasteiger charge is 2.24. The maximum atomic E-state index is 5.77.